The maximum atomic E-state index is 4.95. The van der Waals surface area contributed by atoms with Gasteiger partial charge in [0.15, 0.2) is 0 Å². The highest BCUT2D eigenvalue weighted by molar-refractivity contribution is 5.82. The fraction of sp³-hybridized carbons (Fsp3) is 0.143. The van der Waals surface area contributed by atoms with Crippen LogP contribution >= 0.6 is 0 Å². The van der Waals surface area contributed by atoms with Gasteiger partial charge in [-0.25, -0.2) is 0 Å². The van der Waals surface area contributed by atoms with Gasteiger partial charge in [0.1, 0.15) is 0 Å². The van der Waals surface area contributed by atoms with Crippen molar-refractivity contribution in [3.05, 3.63) is 247 Å². The molecule has 8 aromatic carbocycles. The molecule has 10 rings (SSSR count). The number of benzene rings is 8. The van der Waals surface area contributed by atoms with E-state index in [9.17, 15) is 0 Å². The van der Waals surface area contributed by atoms with Crippen molar-refractivity contribution < 1.29 is 0 Å². The third kappa shape index (κ3) is 8.85. The number of allylic oxidation sites excluding steroid dienone is 4. The molecule has 64 heavy (non-hydrogen) atoms. The average Bonchev–Trinajstić information content (AvgIpc) is 3.38. The van der Waals surface area contributed by atoms with Crippen LogP contribution < -0.4 is 4.90 Å². The Morgan fingerprint density at radius 1 is 0.250 bits per heavy atom. The standard InChI is InChI=1S/C63H55N/c1-46-16-6-2-13-23-60(57-36-34-52(35-37-57)49-21-11-5-12-22-49)61-24-14-15-25-62(61)63(46)64(58-42-38-55(39-43-58)53-30-26-50(27-31-53)47-17-7-3-8-18-47)59-44-40-56(41-45-59)54-32-28-51(29-33-54)48-19-9-4-10-20-48/h3-5,7-12,17-22,26-45H,1-2,6,13-16,23-25H2/b61-60+,63-62?. The van der Waals surface area contributed by atoms with Crippen LogP contribution in [0.2, 0.25) is 0 Å². The minimum Gasteiger partial charge on any atom is -0.310 e. The van der Waals surface area contributed by atoms with Gasteiger partial charge in [-0.15, -0.1) is 0 Å². The third-order valence-electron chi connectivity index (χ3n) is 13.3. The predicted molar refractivity (Wildman–Crippen MR) is 273 cm³/mol. The van der Waals surface area contributed by atoms with Crippen molar-refractivity contribution in [2.45, 2.75) is 57.8 Å². The first kappa shape index (κ1) is 40.8. The molecule has 0 atom stereocenters. The van der Waals surface area contributed by atoms with E-state index in [0.717, 1.165) is 43.5 Å². The maximum absolute atomic E-state index is 4.95. The number of fused-ring (bicyclic) bond motifs is 1. The lowest BCUT2D eigenvalue weighted by atomic mass is 9.79. The summed E-state index contributed by atoms with van der Waals surface area (Å²) in [7, 11) is 0. The largest absolute Gasteiger partial charge is 0.310 e. The van der Waals surface area contributed by atoms with Gasteiger partial charge in [-0.3, -0.25) is 0 Å². The quantitative estimate of drug-likeness (QED) is 0.140. The Kier molecular flexibility index (Phi) is 12.1. The molecule has 2 aliphatic carbocycles. The molecular weight excluding hydrogens is 771 g/mol. The second-order valence-corrected chi connectivity index (χ2v) is 17.4. The Morgan fingerprint density at radius 2 is 0.531 bits per heavy atom. The monoisotopic (exact) mass is 825 g/mol. The van der Waals surface area contributed by atoms with Crippen LogP contribution in [-0.4, -0.2) is 0 Å². The van der Waals surface area contributed by atoms with Gasteiger partial charge in [-0.1, -0.05) is 201 Å². The Bertz CT molecular complexity index is 2760. The normalized spacial score (nSPS) is 15.7. The molecule has 0 amide bonds. The summed E-state index contributed by atoms with van der Waals surface area (Å²) in [4.78, 5) is 2.55. The highest BCUT2D eigenvalue weighted by Gasteiger charge is 2.28. The molecule has 0 aromatic heterocycles. The Hall–Kier alpha value is -7.22. The lowest BCUT2D eigenvalue weighted by Gasteiger charge is -2.35. The zero-order chi connectivity index (χ0) is 43.1. The number of hydrogen-bond donors (Lipinski definition) is 0. The zero-order valence-electron chi connectivity index (χ0n) is 36.7. The molecule has 0 N–H and O–H groups in total. The molecule has 0 saturated heterocycles. The lowest BCUT2D eigenvalue weighted by molar-refractivity contribution is 0.650. The van der Waals surface area contributed by atoms with E-state index in [4.69, 9.17) is 6.58 Å². The fourth-order valence-electron chi connectivity index (χ4n) is 9.89. The van der Waals surface area contributed by atoms with E-state index in [0.29, 0.717) is 0 Å². The topological polar surface area (TPSA) is 3.24 Å². The summed E-state index contributed by atoms with van der Waals surface area (Å²) in [6.45, 7) is 4.95. The first-order valence-electron chi connectivity index (χ1n) is 23.3. The number of hydrogen-bond acceptors (Lipinski definition) is 1. The van der Waals surface area contributed by atoms with Crippen molar-refractivity contribution >= 4 is 16.9 Å². The molecule has 1 heteroatoms. The van der Waals surface area contributed by atoms with Crippen LogP contribution in [0.4, 0.5) is 11.4 Å². The van der Waals surface area contributed by atoms with E-state index in [2.05, 4.69) is 217 Å². The smallest absolute Gasteiger partial charge is 0.0522 e. The van der Waals surface area contributed by atoms with E-state index < -0.39 is 0 Å². The van der Waals surface area contributed by atoms with Crippen LogP contribution in [0.3, 0.4) is 0 Å². The van der Waals surface area contributed by atoms with Crippen molar-refractivity contribution in [1.29, 1.82) is 0 Å². The molecule has 1 saturated carbocycles. The molecule has 8 aromatic rings. The van der Waals surface area contributed by atoms with Crippen LogP contribution in [0.5, 0.6) is 0 Å². The fourth-order valence-corrected chi connectivity index (χ4v) is 9.89. The van der Waals surface area contributed by atoms with Gasteiger partial charge in [-0.05, 0) is 159 Å². The van der Waals surface area contributed by atoms with Crippen LogP contribution in [0.15, 0.2) is 241 Å². The summed E-state index contributed by atoms with van der Waals surface area (Å²) < 4.78 is 0. The summed E-state index contributed by atoms with van der Waals surface area (Å²) in [6, 6.07) is 77.9. The molecule has 0 bridgehead atoms. The van der Waals surface area contributed by atoms with Crippen molar-refractivity contribution in [2.24, 2.45) is 0 Å². The van der Waals surface area contributed by atoms with E-state index in [-0.39, 0.29) is 0 Å². The van der Waals surface area contributed by atoms with Gasteiger partial charge in [-0.2, -0.15) is 0 Å². The van der Waals surface area contributed by atoms with Crippen molar-refractivity contribution in [3.8, 4) is 55.6 Å². The zero-order valence-corrected chi connectivity index (χ0v) is 36.7. The molecular formula is C63H55N. The molecule has 2 aliphatic rings. The molecule has 0 aliphatic heterocycles. The molecule has 0 unspecified atom stereocenters. The van der Waals surface area contributed by atoms with Crippen molar-refractivity contribution in [2.75, 3.05) is 4.90 Å². The summed E-state index contributed by atoms with van der Waals surface area (Å²) in [5.41, 5.74) is 23.0. The summed E-state index contributed by atoms with van der Waals surface area (Å²) in [5.74, 6) is 0. The Morgan fingerprint density at radius 3 is 0.922 bits per heavy atom. The first-order valence-corrected chi connectivity index (χ1v) is 23.3. The summed E-state index contributed by atoms with van der Waals surface area (Å²) in [5, 5.41) is 0. The minimum absolute atomic E-state index is 0.988. The van der Waals surface area contributed by atoms with E-state index in [1.807, 2.05) is 0 Å². The molecule has 0 heterocycles. The highest BCUT2D eigenvalue weighted by Crippen LogP contribution is 2.46. The molecule has 0 radical (unpaired) electrons. The number of rotatable bonds is 9. The first-order chi connectivity index (χ1) is 31.7. The Balaban J connectivity index is 1.08. The number of anilines is 2. The minimum atomic E-state index is 0.988. The predicted octanol–water partition coefficient (Wildman–Crippen LogP) is 18.0. The second-order valence-electron chi connectivity index (χ2n) is 17.4. The maximum Gasteiger partial charge on any atom is 0.0522 e. The van der Waals surface area contributed by atoms with Crippen molar-refractivity contribution in [1.82, 2.24) is 0 Å². The van der Waals surface area contributed by atoms with E-state index in [1.54, 1.807) is 0 Å². The number of nitrogens with zero attached hydrogens (tertiary/aromatic N) is 1. The third-order valence-corrected chi connectivity index (χ3v) is 13.3. The van der Waals surface area contributed by atoms with Gasteiger partial charge in [0.2, 0.25) is 0 Å². The lowest BCUT2D eigenvalue weighted by Crippen LogP contribution is -2.22. The van der Waals surface area contributed by atoms with Crippen LogP contribution in [-0.2, 0) is 0 Å². The Labute approximate surface area is 380 Å². The summed E-state index contributed by atoms with van der Waals surface area (Å²) >= 11 is 0. The SMILES string of the molecule is C=C1CCCCC/C(c2ccc(-c3ccccc3)cc2)=C2/CCCCC2=C1N(c1ccc(-c2ccc(-c3ccccc3)cc2)cc1)c1ccc(-c2ccc(-c3ccccc3)cc2)cc1. The van der Waals surface area contributed by atoms with Crippen LogP contribution in [0.1, 0.15) is 63.4 Å². The van der Waals surface area contributed by atoms with Gasteiger partial charge < -0.3 is 4.90 Å². The summed E-state index contributed by atoms with van der Waals surface area (Å²) in [6.07, 6.45) is 10.1. The highest BCUT2D eigenvalue weighted by atomic mass is 15.2. The molecule has 1 fully saturated rings. The van der Waals surface area contributed by atoms with E-state index >= 15 is 0 Å². The second kappa shape index (κ2) is 19.0. The van der Waals surface area contributed by atoms with Gasteiger partial charge in [0.05, 0.1) is 5.70 Å². The van der Waals surface area contributed by atoms with Gasteiger partial charge >= 0.3 is 0 Å². The van der Waals surface area contributed by atoms with Crippen molar-refractivity contribution in [3.63, 3.8) is 0 Å². The van der Waals surface area contributed by atoms with Crippen LogP contribution in [0, 0.1) is 0 Å². The molecule has 312 valence electrons. The van der Waals surface area contributed by atoms with Gasteiger partial charge in [0, 0.05) is 11.4 Å². The average molecular weight is 826 g/mol. The van der Waals surface area contributed by atoms with E-state index in [1.165, 1.54) is 115 Å². The van der Waals surface area contributed by atoms with Gasteiger partial charge in [0.25, 0.3) is 0 Å². The van der Waals surface area contributed by atoms with Crippen LogP contribution in [0.25, 0.3) is 61.2 Å². The molecule has 1 nitrogen and oxygen atoms in total. The molecule has 0 spiro atoms.